The summed E-state index contributed by atoms with van der Waals surface area (Å²) in [5, 5.41) is 12.3. The van der Waals surface area contributed by atoms with Gasteiger partial charge in [0.2, 0.25) is 11.8 Å². The highest BCUT2D eigenvalue weighted by Crippen LogP contribution is 2.22. The van der Waals surface area contributed by atoms with Crippen molar-refractivity contribution in [1.82, 2.24) is 10.2 Å². The van der Waals surface area contributed by atoms with Crippen LogP contribution in [0.1, 0.15) is 25.3 Å². The molecule has 1 fully saturated rings. The quantitative estimate of drug-likeness (QED) is 0.746. The molecule has 2 amide bonds. The number of carbonyl (C=O) groups excluding carboxylic acids is 2. The molecule has 1 atom stereocenters. The van der Waals surface area contributed by atoms with Gasteiger partial charge in [-0.05, 0) is 43.5 Å². The highest BCUT2D eigenvalue weighted by Gasteiger charge is 2.28. The standard InChI is InChI=1S/C18H20Cl2N2O4/c1-11(18(25)26)21-17(24)13-6-8-22(9-7-13)16(23)5-3-12-2-4-14(19)10-15(12)20/h2-5,10-11,13H,6-9H2,1H3,(H,21,24)(H,25,26)/b5-3+. The minimum absolute atomic E-state index is 0.159. The van der Waals surface area contributed by atoms with E-state index >= 15 is 0 Å². The van der Waals surface area contributed by atoms with Gasteiger partial charge in [0, 0.05) is 35.1 Å². The minimum Gasteiger partial charge on any atom is -0.480 e. The maximum absolute atomic E-state index is 12.3. The molecule has 1 heterocycles. The zero-order valence-corrected chi connectivity index (χ0v) is 15.8. The van der Waals surface area contributed by atoms with Gasteiger partial charge in [-0.2, -0.15) is 0 Å². The number of carbonyl (C=O) groups is 3. The lowest BCUT2D eigenvalue weighted by Gasteiger charge is -2.31. The molecule has 140 valence electrons. The van der Waals surface area contributed by atoms with Gasteiger partial charge in [-0.15, -0.1) is 0 Å². The second-order valence-corrected chi connectivity index (χ2v) is 7.01. The number of benzene rings is 1. The van der Waals surface area contributed by atoms with Crippen molar-refractivity contribution in [3.63, 3.8) is 0 Å². The fraction of sp³-hybridized carbons (Fsp3) is 0.389. The van der Waals surface area contributed by atoms with Crippen LogP contribution < -0.4 is 5.32 Å². The molecule has 2 rings (SSSR count). The van der Waals surface area contributed by atoms with Gasteiger partial charge in [-0.3, -0.25) is 14.4 Å². The summed E-state index contributed by atoms with van der Waals surface area (Å²) in [6, 6.07) is 4.11. The second kappa shape index (κ2) is 9.05. The molecule has 0 saturated carbocycles. The SMILES string of the molecule is CC(NC(=O)C1CCN(C(=O)/C=C/c2ccc(Cl)cc2Cl)CC1)C(=O)O. The summed E-state index contributed by atoms with van der Waals surface area (Å²) < 4.78 is 0. The third kappa shape index (κ3) is 5.47. The first-order chi connectivity index (χ1) is 12.3. The molecule has 0 spiro atoms. The Morgan fingerprint density at radius 1 is 1.27 bits per heavy atom. The smallest absolute Gasteiger partial charge is 0.325 e. The van der Waals surface area contributed by atoms with Gasteiger partial charge in [0.05, 0.1) is 0 Å². The molecule has 1 aliphatic rings. The van der Waals surface area contributed by atoms with Crippen molar-refractivity contribution in [2.75, 3.05) is 13.1 Å². The topological polar surface area (TPSA) is 86.7 Å². The highest BCUT2D eigenvalue weighted by atomic mass is 35.5. The molecule has 1 unspecified atom stereocenters. The van der Waals surface area contributed by atoms with E-state index in [0.717, 1.165) is 0 Å². The maximum atomic E-state index is 12.3. The van der Waals surface area contributed by atoms with Gasteiger partial charge in [0.1, 0.15) is 6.04 Å². The van der Waals surface area contributed by atoms with Crippen molar-refractivity contribution in [1.29, 1.82) is 0 Å². The van der Waals surface area contributed by atoms with E-state index in [4.69, 9.17) is 28.3 Å². The van der Waals surface area contributed by atoms with E-state index in [1.165, 1.54) is 13.0 Å². The van der Waals surface area contributed by atoms with Crippen molar-refractivity contribution in [2.45, 2.75) is 25.8 Å². The lowest BCUT2D eigenvalue weighted by Crippen LogP contribution is -2.46. The molecule has 0 aliphatic carbocycles. The molecular weight excluding hydrogens is 379 g/mol. The number of hydrogen-bond donors (Lipinski definition) is 2. The number of rotatable bonds is 5. The number of likely N-dealkylation sites (tertiary alicyclic amines) is 1. The van der Waals surface area contributed by atoms with E-state index in [-0.39, 0.29) is 17.7 Å². The molecule has 1 aliphatic heterocycles. The van der Waals surface area contributed by atoms with Crippen LogP contribution >= 0.6 is 23.2 Å². The second-order valence-electron chi connectivity index (χ2n) is 6.17. The Morgan fingerprint density at radius 3 is 2.50 bits per heavy atom. The third-order valence-electron chi connectivity index (χ3n) is 4.27. The number of nitrogens with zero attached hydrogens (tertiary/aromatic N) is 1. The molecule has 1 aromatic rings. The average Bonchev–Trinajstić information content (AvgIpc) is 2.60. The van der Waals surface area contributed by atoms with Crippen LogP contribution in [0, 0.1) is 5.92 Å². The Bertz CT molecular complexity index is 728. The van der Waals surface area contributed by atoms with Crippen LogP contribution in [0.2, 0.25) is 10.0 Å². The Balaban J connectivity index is 1.87. The number of hydrogen-bond acceptors (Lipinski definition) is 3. The van der Waals surface area contributed by atoms with Crippen LogP contribution in [0.15, 0.2) is 24.3 Å². The van der Waals surface area contributed by atoms with Gasteiger partial charge < -0.3 is 15.3 Å². The van der Waals surface area contributed by atoms with Gasteiger partial charge in [0.15, 0.2) is 0 Å². The minimum atomic E-state index is -1.07. The number of halogens is 2. The first-order valence-corrected chi connectivity index (χ1v) is 8.98. The summed E-state index contributed by atoms with van der Waals surface area (Å²) in [4.78, 5) is 36.8. The van der Waals surface area contributed by atoms with E-state index < -0.39 is 12.0 Å². The number of carboxylic acids is 1. The van der Waals surface area contributed by atoms with Gasteiger partial charge >= 0.3 is 5.97 Å². The molecule has 26 heavy (non-hydrogen) atoms. The van der Waals surface area contributed by atoms with E-state index in [1.54, 1.807) is 29.2 Å². The summed E-state index contributed by atoms with van der Waals surface area (Å²) in [5.74, 6) is -1.79. The lowest BCUT2D eigenvalue weighted by atomic mass is 9.95. The van der Waals surface area contributed by atoms with Crippen molar-refractivity contribution in [2.24, 2.45) is 5.92 Å². The molecule has 0 bridgehead atoms. The fourth-order valence-electron chi connectivity index (χ4n) is 2.66. The Morgan fingerprint density at radius 2 is 1.92 bits per heavy atom. The van der Waals surface area contributed by atoms with Crippen LogP contribution in [0.4, 0.5) is 0 Å². The largest absolute Gasteiger partial charge is 0.480 e. The first kappa shape index (κ1) is 20.3. The molecule has 1 aromatic carbocycles. The van der Waals surface area contributed by atoms with Crippen molar-refractivity contribution in [3.05, 3.63) is 39.9 Å². The maximum Gasteiger partial charge on any atom is 0.325 e. The monoisotopic (exact) mass is 398 g/mol. The van der Waals surface area contributed by atoms with Crippen LogP contribution in [0.25, 0.3) is 6.08 Å². The summed E-state index contributed by atoms with van der Waals surface area (Å²) in [7, 11) is 0. The third-order valence-corrected chi connectivity index (χ3v) is 4.84. The molecular formula is C18H20Cl2N2O4. The Kier molecular flexibility index (Phi) is 7.06. The van der Waals surface area contributed by atoms with Crippen molar-refractivity contribution < 1.29 is 19.5 Å². The summed E-state index contributed by atoms with van der Waals surface area (Å²) in [5.41, 5.74) is 0.696. The van der Waals surface area contributed by atoms with E-state index in [0.29, 0.717) is 41.5 Å². The number of carboxylic acid groups (broad SMARTS) is 1. The molecule has 6 nitrogen and oxygen atoms in total. The summed E-state index contributed by atoms with van der Waals surface area (Å²) in [6.45, 7) is 2.31. The lowest BCUT2D eigenvalue weighted by molar-refractivity contribution is -0.142. The summed E-state index contributed by atoms with van der Waals surface area (Å²) >= 11 is 11.9. The van der Waals surface area contributed by atoms with Gasteiger partial charge in [0.25, 0.3) is 0 Å². The van der Waals surface area contributed by atoms with Crippen LogP contribution in [-0.2, 0) is 14.4 Å². The number of amides is 2. The van der Waals surface area contributed by atoms with Gasteiger partial charge in [-0.25, -0.2) is 0 Å². The number of aliphatic carboxylic acids is 1. The molecule has 1 saturated heterocycles. The summed E-state index contributed by atoms with van der Waals surface area (Å²) in [6.07, 6.45) is 4.08. The number of piperidine rings is 1. The number of nitrogens with one attached hydrogen (secondary N) is 1. The Labute approximate surface area is 161 Å². The van der Waals surface area contributed by atoms with E-state index in [2.05, 4.69) is 5.32 Å². The molecule has 8 heteroatoms. The highest BCUT2D eigenvalue weighted by molar-refractivity contribution is 6.35. The van der Waals surface area contributed by atoms with Crippen molar-refractivity contribution in [3.8, 4) is 0 Å². The van der Waals surface area contributed by atoms with Crippen molar-refractivity contribution >= 4 is 47.1 Å². The molecule has 2 N–H and O–H groups in total. The van der Waals surface area contributed by atoms with Crippen LogP contribution in [0.3, 0.4) is 0 Å². The van der Waals surface area contributed by atoms with Crippen LogP contribution in [-0.4, -0.2) is 46.9 Å². The predicted molar refractivity (Wildman–Crippen MR) is 100 cm³/mol. The van der Waals surface area contributed by atoms with Gasteiger partial charge in [-0.1, -0.05) is 29.3 Å². The predicted octanol–water partition coefficient (Wildman–Crippen LogP) is 2.83. The van der Waals surface area contributed by atoms with Crippen LogP contribution in [0.5, 0.6) is 0 Å². The Hall–Kier alpha value is -2.05. The molecule has 0 aromatic heterocycles. The average molecular weight is 399 g/mol. The zero-order valence-electron chi connectivity index (χ0n) is 14.2. The fourth-order valence-corrected chi connectivity index (χ4v) is 3.13. The van der Waals surface area contributed by atoms with E-state index in [9.17, 15) is 14.4 Å². The zero-order chi connectivity index (χ0) is 19.3. The first-order valence-electron chi connectivity index (χ1n) is 8.23. The normalized spacial score (nSPS) is 16.5. The molecule has 0 radical (unpaired) electrons. The van der Waals surface area contributed by atoms with E-state index in [1.807, 2.05) is 0 Å².